The molecule has 47 heavy (non-hydrogen) atoms. The van der Waals surface area contributed by atoms with Crippen LogP contribution in [0.25, 0.3) is 93.3 Å². The molecule has 0 atom stereocenters. The van der Waals surface area contributed by atoms with Gasteiger partial charge in [0.15, 0.2) is 0 Å². The van der Waals surface area contributed by atoms with E-state index in [4.69, 9.17) is 4.98 Å². The van der Waals surface area contributed by atoms with E-state index in [0.717, 1.165) is 60.8 Å². The highest BCUT2D eigenvalue weighted by atomic mass is 15.0. The lowest BCUT2D eigenvalue weighted by Crippen LogP contribution is -1.96. The second kappa shape index (κ2) is 9.02. The smallest absolute Gasteiger partial charge is 0.146 e. The first-order chi connectivity index (χ1) is 23.3. The molecule has 5 aromatic carbocycles. The normalized spacial score (nSPS) is 12.3. The van der Waals surface area contributed by atoms with E-state index in [1.807, 2.05) is 30.9 Å². The quantitative estimate of drug-likeness (QED) is 0.186. The van der Waals surface area contributed by atoms with Crippen molar-refractivity contribution in [3.63, 3.8) is 0 Å². The summed E-state index contributed by atoms with van der Waals surface area (Å²) in [5, 5.41) is 8.19. The van der Waals surface area contributed by atoms with Gasteiger partial charge in [0.25, 0.3) is 0 Å². The van der Waals surface area contributed by atoms with E-state index in [2.05, 4.69) is 139 Å². The van der Waals surface area contributed by atoms with Crippen LogP contribution < -0.4 is 0 Å². The van der Waals surface area contributed by atoms with Crippen LogP contribution in [0.1, 0.15) is 0 Å². The fourth-order valence-corrected chi connectivity index (χ4v) is 7.87. The minimum atomic E-state index is 0.922. The van der Waals surface area contributed by atoms with Crippen molar-refractivity contribution in [1.29, 1.82) is 0 Å². The number of aromatic nitrogens is 6. The molecule has 0 bridgehead atoms. The zero-order valence-corrected chi connectivity index (χ0v) is 25.0. The van der Waals surface area contributed by atoms with E-state index in [-0.39, 0.29) is 0 Å². The Labute approximate surface area is 267 Å². The van der Waals surface area contributed by atoms with Gasteiger partial charge in [0.05, 0.1) is 44.8 Å². The average Bonchev–Trinajstić information content (AvgIpc) is 3.79. The number of nitrogens with zero attached hydrogens (tertiary/aromatic N) is 6. The lowest BCUT2D eigenvalue weighted by atomic mass is 10.00. The third kappa shape index (κ3) is 3.21. The molecular weight excluding hydrogens is 576 g/mol. The molecule has 0 aliphatic carbocycles. The van der Waals surface area contributed by atoms with Gasteiger partial charge in [0.2, 0.25) is 0 Å². The van der Waals surface area contributed by atoms with Crippen LogP contribution in [0.15, 0.2) is 146 Å². The summed E-state index contributed by atoms with van der Waals surface area (Å²) in [5.74, 6) is 0. The predicted octanol–water partition coefficient (Wildman–Crippen LogP) is 9.78. The molecule has 11 rings (SSSR count). The van der Waals surface area contributed by atoms with Crippen molar-refractivity contribution in [2.75, 3.05) is 0 Å². The minimum Gasteiger partial charge on any atom is -0.309 e. The molecule has 0 unspecified atom stereocenters. The van der Waals surface area contributed by atoms with Gasteiger partial charge in [0, 0.05) is 67.7 Å². The maximum Gasteiger partial charge on any atom is 0.146 e. The highest BCUT2D eigenvalue weighted by molar-refractivity contribution is 6.32. The summed E-state index contributed by atoms with van der Waals surface area (Å²) in [4.78, 5) is 14.3. The second-order valence-electron chi connectivity index (χ2n) is 12.2. The Morgan fingerprint density at radius 2 is 1.11 bits per heavy atom. The molecule has 0 saturated heterocycles. The molecule has 0 aliphatic heterocycles. The van der Waals surface area contributed by atoms with Crippen LogP contribution in [0.3, 0.4) is 0 Å². The molecule has 6 aromatic heterocycles. The summed E-state index contributed by atoms with van der Waals surface area (Å²) in [6, 6.07) is 43.4. The number of imidazole rings is 1. The maximum atomic E-state index is 5.17. The Morgan fingerprint density at radius 1 is 0.404 bits per heavy atom. The average molecular weight is 601 g/mol. The first-order valence-corrected chi connectivity index (χ1v) is 15.8. The SMILES string of the molecule is c1ccc(-n2c3ccccc3c3cc4c5c6c7cnccc7n7c8cnccc8nc7c6ccc5n(-c5ccccc5)c4cc32)cc1. The summed E-state index contributed by atoms with van der Waals surface area (Å²) in [6.45, 7) is 0. The van der Waals surface area contributed by atoms with Crippen molar-refractivity contribution in [1.82, 2.24) is 28.5 Å². The number of hydrogen-bond acceptors (Lipinski definition) is 3. The Bertz CT molecular complexity index is 3060. The lowest BCUT2D eigenvalue weighted by Gasteiger charge is -2.11. The van der Waals surface area contributed by atoms with Crippen molar-refractivity contribution in [2.24, 2.45) is 0 Å². The van der Waals surface area contributed by atoms with Gasteiger partial charge in [-0.2, -0.15) is 0 Å². The highest BCUT2D eigenvalue weighted by Gasteiger charge is 2.23. The fourth-order valence-electron chi connectivity index (χ4n) is 7.87. The van der Waals surface area contributed by atoms with Crippen LogP contribution in [0.4, 0.5) is 0 Å². The van der Waals surface area contributed by atoms with Crippen molar-refractivity contribution in [3.8, 4) is 11.4 Å². The van der Waals surface area contributed by atoms with Crippen LogP contribution in [0, 0.1) is 0 Å². The number of rotatable bonds is 2. The lowest BCUT2D eigenvalue weighted by molar-refractivity contribution is 1.16. The molecule has 0 radical (unpaired) electrons. The zero-order valence-electron chi connectivity index (χ0n) is 25.0. The van der Waals surface area contributed by atoms with Crippen LogP contribution in [0.5, 0.6) is 0 Å². The summed E-state index contributed by atoms with van der Waals surface area (Å²) < 4.78 is 7.03. The monoisotopic (exact) mass is 600 g/mol. The molecule has 0 spiro atoms. The van der Waals surface area contributed by atoms with E-state index in [0.29, 0.717) is 0 Å². The Kier molecular flexibility index (Phi) is 4.75. The molecule has 0 fully saturated rings. The van der Waals surface area contributed by atoms with Crippen molar-refractivity contribution in [2.45, 2.75) is 0 Å². The third-order valence-electron chi connectivity index (χ3n) is 9.76. The number of benzene rings is 5. The van der Waals surface area contributed by atoms with E-state index < -0.39 is 0 Å². The molecule has 0 aliphatic rings. The molecule has 0 N–H and O–H groups in total. The predicted molar refractivity (Wildman–Crippen MR) is 192 cm³/mol. The first-order valence-electron chi connectivity index (χ1n) is 15.8. The van der Waals surface area contributed by atoms with Gasteiger partial charge in [-0.25, -0.2) is 4.98 Å². The molecule has 11 aromatic rings. The van der Waals surface area contributed by atoms with Crippen LogP contribution in [0.2, 0.25) is 0 Å². The van der Waals surface area contributed by atoms with E-state index in [1.165, 1.54) is 32.6 Å². The Morgan fingerprint density at radius 3 is 1.94 bits per heavy atom. The third-order valence-corrected chi connectivity index (χ3v) is 9.76. The van der Waals surface area contributed by atoms with Crippen molar-refractivity contribution >= 4 is 82.0 Å². The summed E-state index contributed by atoms with van der Waals surface area (Å²) in [6.07, 6.45) is 7.58. The Hall–Kier alpha value is -6.53. The van der Waals surface area contributed by atoms with Gasteiger partial charge in [-0.3, -0.25) is 14.4 Å². The van der Waals surface area contributed by atoms with Crippen LogP contribution in [-0.4, -0.2) is 28.5 Å². The molecule has 6 heteroatoms. The first kappa shape index (κ1) is 24.8. The van der Waals surface area contributed by atoms with Crippen molar-refractivity contribution in [3.05, 3.63) is 146 Å². The van der Waals surface area contributed by atoms with Gasteiger partial charge in [0.1, 0.15) is 5.65 Å². The maximum absolute atomic E-state index is 5.17. The molecule has 0 saturated carbocycles. The highest BCUT2D eigenvalue weighted by Crippen LogP contribution is 2.44. The summed E-state index contributed by atoms with van der Waals surface area (Å²) in [5.41, 5.74) is 10.8. The Balaban J connectivity index is 1.41. The van der Waals surface area contributed by atoms with E-state index in [1.54, 1.807) is 0 Å². The summed E-state index contributed by atoms with van der Waals surface area (Å²) >= 11 is 0. The largest absolute Gasteiger partial charge is 0.309 e. The molecule has 0 amide bonds. The minimum absolute atomic E-state index is 0.922. The van der Waals surface area contributed by atoms with E-state index >= 15 is 0 Å². The topological polar surface area (TPSA) is 52.9 Å². The number of fused-ring (bicyclic) bond motifs is 15. The van der Waals surface area contributed by atoms with Gasteiger partial charge in [-0.1, -0.05) is 54.6 Å². The number of pyridine rings is 3. The molecular formula is C41H24N6. The fraction of sp³-hybridized carbons (Fsp3) is 0. The van der Waals surface area contributed by atoms with Gasteiger partial charge >= 0.3 is 0 Å². The van der Waals surface area contributed by atoms with Gasteiger partial charge in [-0.05, 0) is 66.7 Å². The standard InChI is InChI=1S/C41H24N6/c1-3-9-25(10-4-1)45-33-14-8-7-13-27(33)29-21-30-37(22-36(29)45)46(26-11-5-2-6-12-26)35-16-15-28-39(40(30)35)31-23-42-20-18-34(31)47-38-24-43-19-17-32(38)44-41(28)47/h1-24H. The van der Waals surface area contributed by atoms with E-state index in [9.17, 15) is 0 Å². The zero-order chi connectivity index (χ0) is 30.6. The van der Waals surface area contributed by atoms with Crippen LogP contribution in [-0.2, 0) is 0 Å². The van der Waals surface area contributed by atoms with Crippen LogP contribution >= 0.6 is 0 Å². The van der Waals surface area contributed by atoms with Gasteiger partial charge in [-0.15, -0.1) is 0 Å². The molecule has 6 nitrogen and oxygen atoms in total. The second-order valence-corrected chi connectivity index (χ2v) is 12.2. The number of hydrogen-bond donors (Lipinski definition) is 0. The van der Waals surface area contributed by atoms with Crippen molar-refractivity contribution < 1.29 is 0 Å². The molecule has 218 valence electrons. The molecule has 6 heterocycles. The number of para-hydroxylation sites is 3. The van der Waals surface area contributed by atoms with Gasteiger partial charge < -0.3 is 9.13 Å². The summed E-state index contributed by atoms with van der Waals surface area (Å²) in [7, 11) is 0.